The van der Waals surface area contributed by atoms with Crippen LogP contribution >= 0.6 is 0 Å². The lowest BCUT2D eigenvalue weighted by molar-refractivity contribution is 0.474. The van der Waals surface area contributed by atoms with E-state index < -0.39 is 0 Å². The SMILES string of the molecule is CCCCCC(C)NCCC1CC1. The lowest BCUT2D eigenvalue weighted by Crippen LogP contribution is -2.27. The van der Waals surface area contributed by atoms with E-state index in [1.807, 2.05) is 0 Å². The Kier molecular flexibility index (Phi) is 5.45. The van der Waals surface area contributed by atoms with Crippen molar-refractivity contribution in [3.8, 4) is 0 Å². The van der Waals surface area contributed by atoms with Gasteiger partial charge >= 0.3 is 0 Å². The number of hydrogen-bond donors (Lipinski definition) is 1. The summed E-state index contributed by atoms with van der Waals surface area (Å²) in [6, 6.07) is 0.741. The first-order valence-corrected chi connectivity index (χ1v) is 6.06. The van der Waals surface area contributed by atoms with E-state index in [1.54, 1.807) is 0 Å². The Morgan fingerprint density at radius 3 is 2.69 bits per heavy atom. The summed E-state index contributed by atoms with van der Waals surface area (Å²) in [4.78, 5) is 0. The van der Waals surface area contributed by atoms with E-state index in [4.69, 9.17) is 0 Å². The van der Waals surface area contributed by atoms with Gasteiger partial charge < -0.3 is 5.32 Å². The van der Waals surface area contributed by atoms with Crippen molar-refractivity contribution in [3.05, 3.63) is 0 Å². The zero-order valence-electron chi connectivity index (χ0n) is 9.31. The minimum absolute atomic E-state index is 0.741. The summed E-state index contributed by atoms with van der Waals surface area (Å²) in [6.45, 7) is 5.84. The van der Waals surface area contributed by atoms with Crippen molar-refractivity contribution in [2.24, 2.45) is 5.92 Å². The van der Waals surface area contributed by atoms with Crippen LogP contribution in [0, 0.1) is 5.92 Å². The Hall–Kier alpha value is -0.0400. The Balaban J connectivity index is 1.81. The van der Waals surface area contributed by atoms with Crippen LogP contribution in [0.4, 0.5) is 0 Å². The van der Waals surface area contributed by atoms with Gasteiger partial charge in [-0.1, -0.05) is 39.0 Å². The second-order valence-corrected chi connectivity index (χ2v) is 4.58. The summed E-state index contributed by atoms with van der Waals surface area (Å²) in [6.07, 6.45) is 9.89. The minimum atomic E-state index is 0.741. The number of hydrogen-bond acceptors (Lipinski definition) is 1. The van der Waals surface area contributed by atoms with E-state index in [0.29, 0.717) is 0 Å². The molecule has 1 fully saturated rings. The molecular weight excluding hydrogens is 158 g/mol. The summed E-state index contributed by atoms with van der Waals surface area (Å²) in [5, 5.41) is 3.61. The molecule has 0 aromatic heterocycles. The van der Waals surface area contributed by atoms with Gasteiger partial charge in [-0.15, -0.1) is 0 Å². The summed E-state index contributed by atoms with van der Waals surface area (Å²) in [5.74, 6) is 1.08. The van der Waals surface area contributed by atoms with Crippen LogP contribution in [0.3, 0.4) is 0 Å². The van der Waals surface area contributed by atoms with Crippen molar-refractivity contribution in [3.63, 3.8) is 0 Å². The van der Waals surface area contributed by atoms with Gasteiger partial charge in [0.25, 0.3) is 0 Å². The number of nitrogens with one attached hydrogen (secondary N) is 1. The number of unbranched alkanes of at least 4 members (excludes halogenated alkanes) is 2. The molecule has 1 atom stereocenters. The molecule has 0 bridgehead atoms. The molecule has 1 saturated carbocycles. The van der Waals surface area contributed by atoms with Crippen LogP contribution in [0.5, 0.6) is 0 Å². The Morgan fingerprint density at radius 1 is 1.31 bits per heavy atom. The van der Waals surface area contributed by atoms with Gasteiger partial charge in [-0.2, -0.15) is 0 Å². The fraction of sp³-hybridized carbons (Fsp3) is 1.00. The maximum absolute atomic E-state index is 3.61. The molecule has 0 saturated heterocycles. The van der Waals surface area contributed by atoms with Crippen LogP contribution in [0.2, 0.25) is 0 Å². The third kappa shape index (κ3) is 6.09. The third-order valence-electron chi connectivity index (χ3n) is 2.98. The summed E-state index contributed by atoms with van der Waals surface area (Å²) in [7, 11) is 0. The molecule has 0 aliphatic heterocycles. The van der Waals surface area contributed by atoms with E-state index in [-0.39, 0.29) is 0 Å². The molecule has 0 aromatic carbocycles. The maximum Gasteiger partial charge on any atom is 0.00387 e. The average Bonchev–Trinajstić information content (AvgIpc) is 2.89. The molecule has 0 aromatic rings. The fourth-order valence-electron chi connectivity index (χ4n) is 1.74. The molecule has 1 rings (SSSR count). The Labute approximate surface area is 83.3 Å². The van der Waals surface area contributed by atoms with Crippen LogP contribution in [0.25, 0.3) is 0 Å². The fourth-order valence-corrected chi connectivity index (χ4v) is 1.74. The maximum atomic E-state index is 3.61. The molecule has 1 aliphatic rings. The third-order valence-corrected chi connectivity index (χ3v) is 2.98. The van der Waals surface area contributed by atoms with Crippen LogP contribution in [-0.2, 0) is 0 Å². The van der Waals surface area contributed by atoms with Crippen molar-refractivity contribution < 1.29 is 0 Å². The monoisotopic (exact) mass is 183 g/mol. The van der Waals surface area contributed by atoms with Gasteiger partial charge in [0, 0.05) is 6.04 Å². The predicted octanol–water partition coefficient (Wildman–Crippen LogP) is 3.34. The number of rotatable bonds is 8. The van der Waals surface area contributed by atoms with Gasteiger partial charge in [0.05, 0.1) is 0 Å². The van der Waals surface area contributed by atoms with Crippen molar-refractivity contribution in [2.75, 3.05) is 6.54 Å². The van der Waals surface area contributed by atoms with Crippen molar-refractivity contribution in [1.29, 1.82) is 0 Å². The highest BCUT2D eigenvalue weighted by Crippen LogP contribution is 2.31. The van der Waals surface area contributed by atoms with Crippen LogP contribution in [0.1, 0.15) is 58.8 Å². The van der Waals surface area contributed by atoms with Gasteiger partial charge in [-0.3, -0.25) is 0 Å². The second-order valence-electron chi connectivity index (χ2n) is 4.58. The zero-order chi connectivity index (χ0) is 9.52. The van der Waals surface area contributed by atoms with E-state index in [2.05, 4.69) is 19.2 Å². The van der Waals surface area contributed by atoms with Gasteiger partial charge in [0.2, 0.25) is 0 Å². The summed E-state index contributed by atoms with van der Waals surface area (Å²) < 4.78 is 0. The largest absolute Gasteiger partial charge is 0.314 e. The van der Waals surface area contributed by atoms with Gasteiger partial charge in [0.15, 0.2) is 0 Å². The lowest BCUT2D eigenvalue weighted by Gasteiger charge is -2.12. The van der Waals surface area contributed by atoms with Gasteiger partial charge in [0.1, 0.15) is 0 Å². The van der Waals surface area contributed by atoms with Gasteiger partial charge in [-0.05, 0) is 32.2 Å². The zero-order valence-corrected chi connectivity index (χ0v) is 9.31. The highest BCUT2D eigenvalue weighted by Gasteiger charge is 2.20. The first kappa shape index (κ1) is 11.0. The Bertz CT molecular complexity index is 118. The average molecular weight is 183 g/mol. The molecule has 1 heteroatoms. The summed E-state index contributed by atoms with van der Waals surface area (Å²) >= 11 is 0. The standard InChI is InChI=1S/C12H25N/c1-3-4-5-6-11(2)13-10-9-12-7-8-12/h11-13H,3-10H2,1-2H3. The second kappa shape index (κ2) is 6.42. The molecule has 1 aliphatic carbocycles. The minimum Gasteiger partial charge on any atom is -0.314 e. The quantitative estimate of drug-likeness (QED) is 0.569. The molecule has 0 radical (unpaired) electrons. The highest BCUT2D eigenvalue weighted by atomic mass is 14.9. The lowest BCUT2D eigenvalue weighted by atomic mass is 10.1. The van der Waals surface area contributed by atoms with Gasteiger partial charge in [-0.25, -0.2) is 0 Å². The molecule has 78 valence electrons. The van der Waals surface area contributed by atoms with Crippen LogP contribution in [-0.4, -0.2) is 12.6 Å². The normalized spacial score (nSPS) is 18.9. The predicted molar refractivity (Wildman–Crippen MR) is 58.9 cm³/mol. The van der Waals surface area contributed by atoms with E-state index in [0.717, 1.165) is 12.0 Å². The molecule has 13 heavy (non-hydrogen) atoms. The highest BCUT2D eigenvalue weighted by molar-refractivity contribution is 4.74. The van der Waals surface area contributed by atoms with Crippen LogP contribution in [0.15, 0.2) is 0 Å². The molecule has 1 unspecified atom stereocenters. The van der Waals surface area contributed by atoms with Crippen molar-refractivity contribution >= 4 is 0 Å². The van der Waals surface area contributed by atoms with E-state index in [1.165, 1.54) is 51.5 Å². The Morgan fingerprint density at radius 2 is 2.08 bits per heavy atom. The smallest absolute Gasteiger partial charge is 0.00387 e. The van der Waals surface area contributed by atoms with E-state index in [9.17, 15) is 0 Å². The molecule has 0 amide bonds. The van der Waals surface area contributed by atoms with Crippen molar-refractivity contribution in [1.82, 2.24) is 5.32 Å². The van der Waals surface area contributed by atoms with Crippen molar-refractivity contribution in [2.45, 2.75) is 64.8 Å². The molecule has 1 nitrogen and oxygen atoms in total. The first-order chi connectivity index (χ1) is 6.33. The van der Waals surface area contributed by atoms with E-state index >= 15 is 0 Å². The van der Waals surface area contributed by atoms with Crippen LogP contribution < -0.4 is 5.32 Å². The molecule has 1 N–H and O–H groups in total. The first-order valence-electron chi connectivity index (χ1n) is 6.06. The topological polar surface area (TPSA) is 12.0 Å². The molecule has 0 heterocycles. The summed E-state index contributed by atoms with van der Waals surface area (Å²) in [5.41, 5.74) is 0. The molecule has 0 spiro atoms. The molecular formula is C12H25N.